The van der Waals surface area contributed by atoms with Crippen molar-refractivity contribution < 1.29 is 19.1 Å². The molecule has 106 valence electrons. The standard InChI is InChI=1S/C10H19NO2.C3H6O2/c1-10(2,3)13-9(12)11-7-5-4-6-8-11;1-2-5-3-4/h4-8H2,1-3H3;3H,2H2,1H3. The lowest BCUT2D eigenvalue weighted by Crippen LogP contribution is -2.39. The van der Waals surface area contributed by atoms with Gasteiger partial charge in [0, 0.05) is 13.1 Å². The van der Waals surface area contributed by atoms with E-state index in [2.05, 4.69) is 4.74 Å². The molecular weight excluding hydrogens is 234 g/mol. The van der Waals surface area contributed by atoms with Gasteiger partial charge in [-0.3, -0.25) is 4.79 Å². The lowest BCUT2D eigenvalue weighted by molar-refractivity contribution is -0.128. The molecule has 0 atom stereocenters. The maximum atomic E-state index is 11.5. The Balaban J connectivity index is 0.000000494. The second-order valence-electron chi connectivity index (χ2n) is 5.08. The summed E-state index contributed by atoms with van der Waals surface area (Å²) in [6, 6.07) is 0. The SMILES string of the molecule is CC(C)(C)OC(=O)N1CCCCC1.CCOC=O. The molecule has 0 aromatic rings. The van der Waals surface area contributed by atoms with Crippen molar-refractivity contribution in [3.8, 4) is 0 Å². The number of amides is 1. The number of carbonyl (C=O) groups excluding carboxylic acids is 2. The molecule has 0 bridgehead atoms. The molecule has 0 unspecified atom stereocenters. The van der Waals surface area contributed by atoms with Crippen LogP contribution < -0.4 is 0 Å². The minimum Gasteiger partial charge on any atom is -0.468 e. The highest BCUT2D eigenvalue weighted by molar-refractivity contribution is 5.68. The average molecular weight is 259 g/mol. The Morgan fingerprint density at radius 3 is 2.11 bits per heavy atom. The molecule has 18 heavy (non-hydrogen) atoms. The van der Waals surface area contributed by atoms with E-state index in [-0.39, 0.29) is 11.7 Å². The molecule has 1 rings (SSSR count). The van der Waals surface area contributed by atoms with Gasteiger partial charge in [0.1, 0.15) is 5.60 Å². The Hall–Kier alpha value is -1.26. The van der Waals surface area contributed by atoms with Gasteiger partial charge in [0.05, 0.1) is 6.61 Å². The van der Waals surface area contributed by atoms with Crippen LogP contribution >= 0.6 is 0 Å². The van der Waals surface area contributed by atoms with Crippen LogP contribution in [0.4, 0.5) is 4.79 Å². The van der Waals surface area contributed by atoms with Crippen molar-refractivity contribution in [1.82, 2.24) is 4.90 Å². The third-order valence-electron chi connectivity index (χ3n) is 2.24. The van der Waals surface area contributed by atoms with E-state index in [1.165, 1.54) is 6.42 Å². The first-order valence-electron chi connectivity index (χ1n) is 6.44. The maximum absolute atomic E-state index is 11.5. The fourth-order valence-corrected chi connectivity index (χ4v) is 1.47. The molecular formula is C13H25NO4. The second-order valence-corrected chi connectivity index (χ2v) is 5.08. The molecule has 1 aliphatic rings. The molecule has 1 heterocycles. The van der Waals surface area contributed by atoms with Crippen LogP contribution in [0.15, 0.2) is 0 Å². The minimum atomic E-state index is -0.367. The van der Waals surface area contributed by atoms with E-state index in [9.17, 15) is 9.59 Å². The molecule has 5 nitrogen and oxygen atoms in total. The van der Waals surface area contributed by atoms with E-state index in [1.54, 1.807) is 11.8 Å². The summed E-state index contributed by atoms with van der Waals surface area (Å²) in [5, 5.41) is 0. The molecule has 1 amide bonds. The van der Waals surface area contributed by atoms with Crippen LogP contribution in [-0.2, 0) is 14.3 Å². The zero-order chi connectivity index (χ0) is 14.0. The number of likely N-dealkylation sites (tertiary alicyclic amines) is 1. The Morgan fingerprint density at radius 2 is 1.78 bits per heavy atom. The molecule has 0 radical (unpaired) electrons. The van der Waals surface area contributed by atoms with Gasteiger partial charge in [-0.25, -0.2) is 4.79 Å². The first kappa shape index (κ1) is 16.7. The summed E-state index contributed by atoms with van der Waals surface area (Å²) in [7, 11) is 0. The molecule has 0 spiro atoms. The van der Waals surface area contributed by atoms with Crippen molar-refractivity contribution in [3.05, 3.63) is 0 Å². The van der Waals surface area contributed by atoms with Gasteiger partial charge in [-0.05, 0) is 47.0 Å². The fraction of sp³-hybridized carbons (Fsp3) is 0.846. The van der Waals surface area contributed by atoms with Crippen molar-refractivity contribution in [2.75, 3.05) is 19.7 Å². The smallest absolute Gasteiger partial charge is 0.410 e. The van der Waals surface area contributed by atoms with Crippen molar-refractivity contribution in [3.63, 3.8) is 0 Å². The Kier molecular flexibility index (Phi) is 8.16. The number of nitrogens with zero attached hydrogens (tertiary/aromatic N) is 1. The van der Waals surface area contributed by atoms with Gasteiger partial charge in [-0.15, -0.1) is 0 Å². The summed E-state index contributed by atoms with van der Waals surface area (Å²) in [5.74, 6) is 0. The van der Waals surface area contributed by atoms with Crippen LogP contribution in [0.2, 0.25) is 0 Å². The third-order valence-corrected chi connectivity index (χ3v) is 2.24. The van der Waals surface area contributed by atoms with Gasteiger partial charge in [0.2, 0.25) is 0 Å². The summed E-state index contributed by atoms with van der Waals surface area (Å²) in [5.41, 5.74) is -0.367. The minimum absolute atomic E-state index is 0.160. The van der Waals surface area contributed by atoms with Gasteiger partial charge >= 0.3 is 6.09 Å². The Morgan fingerprint density at radius 1 is 1.22 bits per heavy atom. The summed E-state index contributed by atoms with van der Waals surface area (Å²) in [6.45, 7) is 10.1. The Labute approximate surface area is 109 Å². The molecule has 0 aromatic carbocycles. The lowest BCUT2D eigenvalue weighted by Gasteiger charge is -2.29. The number of hydrogen-bond acceptors (Lipinski definition) is 4. The van der Waals surface area contributed by atoms with E-state index in [1.807, 2.05) is 20.8 Å². The molecule has 0 aromatic heterocycles. The van der Waals surface area contributed by atoms with Crippen LogP contribution in [0.5, 0.6) is 0 Å². The topological polar surface area (TPSA) is 55.8 Å². The lowest BCUT2D eigenvalue weighted by atomic mass is 10.1. The summed E-state index contributed by atoms with van der Waals surface area (Å²) in [6.07, 6.45) is 3.30. The van der Waals surface area contributed by atoms with E-state index < -0.39 is 0 Å². The van der Waals surface area contributed by atoms with Crippen molar-refractivity contribution in [2.45, 2.75) is 52.6 Å². The predicted molar refractivity (Wildman–Crippen MR) is 69.3 cm³/mol. The van der Waals surface area contributed by atoms with Gasteiger partial charge < -0.3 is 14.4 Å². The summed E-state index contributed by atoms with van der Waals surface area (Å²) < 4.78 is 9.42. The van der Waals surface area contributed by atoms with Crippen molar-refractivity contribution >= 4 is 12.6 Å². The van der Waals surface area contributed by atoms with E-state index >= 15 is 0 Å². The van der Waals surface area contributed by atoms with Gasteiger partial charge in [-0.1, -0.05) is 0 Å². The highest BCUT2D eigenvalue weighted by Crippen LogP contribution is 2.14. The van der Waals surface area contributed by atoms with Crippen LogP contribution in [-0.4, -0.2) is 42.8 Å². The molecule has 1 aliphatic heterocycles. The molecule has 1 saturated heterocycles. The van der Waals surface area contributed by atoms with Gasteiger partial charge in [0.15, 0.2) is 0 Å². The number of hydrogen-bond donors (Lipinski definition) is 0. The summed E-state index contributed by atoms with van der Waals surface area (Å²) >= 11 is 0. The van der Waals surface area contributed by atoms with E-state index in [4.69, 9.17) is 4.74 Å². The fourth-order valence-electron chi connectivity index (χ4n) is 1.47. The number of carbonyl (C=O) groups is 2. The molecule has 1 fully saturated rings. The van der Waals surface area contributed by atoms with Gasteiger partial charge in [-0.2, -0.15) is 0 Å². The number of rotatable bonds is 2. The van der Waals surface area contributed by atoms with Gasteiger partial charge in [0.25, 0.3) is 6.47 Å². The average Bonchev–Trinajstić information content (AvgIpc) is 2.30. The van der Waals surface area contributed by atoms with E-state index in [0.717, 1.165) is 25.9 Å². The number of ether oxygens (including phenoxy) is 2. The molecule has 0 N–H and O–H groups in total. The van der Waals surface area contributed by atoms with Crippen LogP contribution in [0.1, 0.15) is 47.0 Å². The van der Waals surface area contributed by atoms with Crippen LogP contribution in [0.25, 0.3) is 0 Å². The zero-order valence-corrected chi connectivity index (χ0v) is 11.9. The largest absolute Gasteiger partial charge is 0.468 e. The predicted octanol–water partition coefficient (Wildman–Crippen LogP) is 2.59. The van der Waals surface area contributed by atoms with Crippen molar-refractivity contribution in [1.29, 1.82) is 0 Å². The Bertz CT molecular complexity index is 242. The molecule has 5 heteroatoms. The molecule has 0 aliphatic carbocycles. The number of piperidine rings is 1. The van der Waals surface area contributed by atoms with E-state index in [0.29, 0.717) is 13.1 Å². The third kappa shape index (κ3) is 8.84. The first-order valence-corrected chi connectivity index (χ1v) is 6.44. The van der Waals surface area contributed by atoms with Crippen molar-refractivity contribution in [2.24, 2.45) is 0 Å². The highest BCUT2D eigenvalue weighted by Gasteiger charge is 2.22. The monoisotopic (exact) mass is 259 g/mol. The second kappa shape index (κ2) is 8.78. The normalized spacial score (nSPS) is 15.2. The first-order chi connectivity index (χ1) is 8.40. The maximum Gasteiger partial charge on any atom is 0.410 e. The van der Waals surface area contributed by atoms with Crippen LogP contribution in [0.3, 0.4) is 0 Å². The zero-order valence-electron chi connectivity index (χ0n) is 11.9. The molecule has 0 saturated carbocycles. The summed E-state index contributed by atoms with van der Waals surface area (Å²) in [4.78, 5) is 22.5. The quantitative estimate of drug-likeness (QED) is 0.715. The van der Waals surface area contributed by atoms with Crippen LogP contribution in [0, 0.1) is 0 Å². The highest BCUT2D eigenvalue weighted by atomic mass is 16.6.